The molecule has 5 aromatic rings. The van der Waals surface area contributed by atoms with E-state index in [1.807, 2.05) is 36.7 Å². The quantitative estimate of drug-likeness (QED) is 0.408. The van der Waals surface area contributed by atoms with Crippen LogP contribution in [-0.2, 0) is 7.05 Å². The molecule has 0 saturated heterocycles. The average Bonchev–Trinajstić information content (AvgIpc) is 3.38. The monoisotopic (exact) mass is 445 g/mol. The fraction of sp³-hybridized carbons (Fsp3) is 0.158. The maximum absolute atomic E-state index is 12.4. The van der Waals surface area contributed by atoms with Crippen LogP contribution < -0.4 is 10.1 Å². The Hall–Kier alpha value is -3.67. The highest BCUT2D eigenvalue weighted by atomic mass is 32.1. The number of nitrogens with zero attached hydrogens (tertiary/aromatic N) is 5. The summed E-state index contributed by atoms with van der Waals surface area (Å²) in [7, 11) is 1.85. The fourth-order valence-electron chi connectivity index (χ4n) is 3.17. The summed E-state index contributed by atoms with van der Waals surface area (Å²) >= 11 is 1.30. The highest BCUT2D eigenvalue weighted by molar-refractivity contribution is 7.22. The van der Waals surface area contributed by atoms with Gasteiger partial charge in [-0.25, -0.2) is 15.0 Å². The van der Waals surface area contributed by atoms with Gasteiger partial charge in [0.25, 0.3) is 0 Å². The number of aromatic nitrogens is 6. The van der Waals surface area contributed by atoms with Crippen molar-refractivity contribution in [2.24, 2.45) is 7.05 Å². The number of alkyl halides is 3. The summed E-state index contributed by atoms with van der Waals surface area (Å²) in [6, 6.07) is 9.76. The van der Waals surface area contributed by atoms with Crippen molar-refractivity contribution in [3.05, 3.63) is 42.2 Å². The van der Waals surface area contributed by atoms with Crippen LogP contribution in [0.5, 0.6) is 5.75 Å². The number of aryl methyl sites for hydroxylation is 2. The summed E-state index contributed by atoms with van der Waals surface area (Å²) in [5.41, 5.74) is 2.88. The van der Waals surface area contributed by atoms with E-state index in [1.165, 1.54) is 23.5 Å². The molecule has 0 unspecified atom stereocenters. The molecule has 0 saturated carbocycles. The van der Waals surface area contributed by atoms with E-state index < -0.39 is 6.36 Å². The summed E-state index contributed by atoms with van der Waals surface area (Å²) in [5.74, 6) is 1.55. The van der Waals surface area contributed by atoms with Gasteiger partial charge in [0, 0.05) is 18.7 Å². The molecule has 2 N–H and O–H groups in total. The van der Waals surface area contributed by atoms with E-state index in [0.29, 0.717) is 22.4 Å². The van der Waals surface area contributed by atoms with E-state index in [4.69, 9.17) is 0 Å². The largest absolute Gasteiger partial charge is 0.573 e. The number of thiazole rings is 1. The number of halogens is 3. The van der Waals surface area contributed by atoms with Crippen molar-refractivity contribution in [1.82, 2.24) is 29.7 Å². The number of imidazole rings is 1. The zero-order valence-corrected chi connectivity index (χ0v) is 17.0. The minimum atomic E-state index is -4.75. The van der Waals surface area contributed by atoms with Gasteiger partial charge in [-0.15, -0.1) is 13.2 Å². The molecule has 0 aliphatic carbocycles. The summed E-state index contributed by atoms with van der Waals surface area (Å²) < 4.78 is 43.9. The minimum absolute atomic E-state index is 0.311. The minimum Gasteiger partial charge on any atom is -0.406 e. The Kier molecular flexibility index (Phi) is 4.32. The van der Waals surface area contributed by atoms with Gasteiger partial charge in [-0.1, -0.05) is 11.3 Å². The number of aromatic amines is 1. The van der Waals surface area contributed by atoms with Crippen LogP contribution >= 0.6 is 11.3 Å². The summed E-state index contributed by atoms with van der Waals surface area (Å²) in [4.78, 5) is 13.3. The van der Waals surface area contributed by atoms with Crippen molar-refractivity contribution in [3.8, 4) is 17.1 Å². The van der Waals surface area contributed by atoms with Crippen molar-refractivity contribution >= 4 is 43.7 Å². The first kappa shape index (κ1) is 19.3. The van der Waals surface area contributed by atoms with Gasteiger partial charge in [-0.2, -0.15) is 5.10 Å². The second-order valence-electron chi connectivity index (χ2n) is 6.76. The number of H-pyrrole nitrogens is 1. The topological polar surface area (TPSA) is 93.5 Å². The number of rotatable bonds is 4. The number of benzene rings is 2. The molecule has 0 amide bonds. The van der Waals surface area contributed by atoms with Gasteiger partial charge in [0.1, 0.15) is 11.6 Å². The number of hydrogen-bond donors (Lipinski definition) is 2. The number of nitrogens with one attached hydrogen (secondary N) is 2. The lowest BCUT2D eigenvalue weighted by Crippen LogP contribution is -2.16. The van der Waals surface area contributed by atoms with Gasteiger partial charge in [0.15, 0.2) is 11.0 Å². The molecule has 0 atom stereocenters. The van der Waals surface area contributed by atoms with E-state index in [-0.39, 0.29) is 5.75 Å². The van der Waals surface area contributed by atoms with E-state index >= 15 is 0 Å². The van der Waals surface area contributed by atoms with E-state index in [2.05, 4.69) is 35.2 Å². The summed E-state index contributed by atoms with van der Waals surface area (Å²) in [6.45, 7) is 1.83. The Bertz CT molecular complexity index is 1420. The Balaban J connectivity index is 1.45. The second-order valence-corrected chi connectivity index (χ2v) is 7.79. The van der Waals surface area contributed by atoms with Gasteiger partial charge in [-0.3, -0.25) is 5.10 Å². The molecular weight excluding hydrogens is 431 g/mol. The highest BCUT2D eigenvalue weighted by Gasteiger charge is 2.31. The van der Waals surface area contributed by atoms with Crippen LogP contribution in [0.1, 0.15) is 5.82 Å². The van der Waals surface area contributed by atoms with Crippen LogP contribution in [0.25, 0.3) is 32.6 Å². The van der Waals surface area contributed by atoms with Gasteiger partial charge >= 0.3 is 6.36 Å². The molecule has 0 radical (unpaired) electrons. The predicted molar refractivity (Wildman–Crippen MR) is 110 cm³/mol. The van der Waals surface area contributed by atoms with E-state index in [0.717, 1.165) is 27.1 Å². The molecule has 3 heterocycles. The van der Waals surface area contributed by atoms with Crippen molar-refractivity contribution in [1.29, 1.82) is 0 Å². The summed E-state index contributed by atoms with van der Waals surface area (Å²) in [6.07, 6.45) is -4.75. The molecule has 12 heteroatoms. The Morgan fingerprint density at radius 1 is 1.06 bits per heavy atom. The molecule has 158 valence electrons. The van der Waals surface area contributed by atoms with Crippen molar-refractivity contribution in [3.63, 3.8) is 0 Å². The van der Waals surface area contributed by atoms with Crippen LogP contribution in [0.3, 0.4) is 0 Å². The lowest BCUT2D eigenvalue weighted by molar-refractivity contribution is -0.274. The van der Waals surface area contributed by atoms with Crippen LogP contribution in [-0.4, -0.2) is 36.1 Å². The molecule has 2 aromatic carbocycles. The van der Waals surface area contributed by atoms with Crippen molar-refractivity contribution in [2.75, 3.05) is 5.32 Å². The molecule has 5 rings (SSSR count). The number of anilines is 2. The first-order valence-electron chi connectivity index (χ1n) is 9.04. The fourth-order valence-corrected chi connectivity index (χ4v) is 4.01. The molecule has 0 bridgehead atoms. The van der Waals surface area contributed by atoms with Gasteiger partial charge in [0.05, 0.1) is 21.3 Å². The highest BCUT2D eigenvalue weighted by Crippen LogP contribution is 2.33. The van der Waals surface area contributed by atoms with Gasteiger partial charge in [0.2, 0.25) is 5.95 Å². The SMILES string of the molecule is Cc1nc(-c2ccc3nc(Nc4nc5cc(OC(F)(F)F)ccc5s4)n(C)c3c2)n[nH]1. The second kappa shape index (κ2) is 6.94. The maximum Gasteiger partial charge on any atom is 0.573 e. The zero-order valence-electron chi connectivity index (χ0n) is 16.2. The first-order chi connectivity index (χ1) is 14.7. The van der Waals surface area contributed by atoms with Crippen molar-refractivity contribution in [2.45, 2.75) is 13.3 Å². The summed E-state index contributed by atoms with van der Waals surface area (Å²) in [5, 5.41) is 10.6. The molecule has 8 nitrogen and oxygen atoms in total. The van der Waals surface area contributed by atoms with Gasteiger partial charge in [-0.05, 0) is 37.3 Å². The number of ether oxygens (including phenoxy) is 1. The maximum atomic E-state index is 12.4. The lowest BCUT2D eigenvalue weighted by atomic mass is 10.2. The smallest absolute Gasteiger partial charge is 0.406 e. The Labute approximate surface area is 176 Å². The third kappa shape index (κ3) is 3.77. The Morgan fingerprint density at radius 3 is 2.65 bits per heavy atom. The van der Waals surface area contributed by atoms with Gasteiger partial charge < -0.3 is 14.6 Å². The predicted octanol–water partition coefficient (Wildman–Crippen LogP) is 4.92. The van der Waals surface area contributed by atoms with Crippen LogP contribution in [0.15, 0.2) is 36.4 Å². The third-order valence-corrected chi connectivity index (χ3v) is 5.50. The third-order valence-electron chi connectivity index (χ3n) is 4.55. The van der Waals surface area contributed by atoms with Crippen LogP contribution in [0.4, 0.5) is 24.3 Å². The lowest BCUT2D eigenvalue weighted by Gasteiger charge is -2.07. The Morgan fingerprint density at radius 2 is 1.90 bits per heavy atom. The molecule has 31 heavy (non-hydrogen) atoms. The number of fused-ring (bicyclic) bond motifs is 2. The molecule has 0 spiro atoms. The van der Waals surface area contributed by atoms with Crippen LogP contribution in [0.2, 0.25) is 0 Å². The van der Waals surface area contributed by atoms with Crippen LogP contribution in [0, 0.1) is 6.92 Å². The zero-order chi connectivity index (χ0) is 21.8. The normalized spacial score (nSPS) is 12.0. The van der Waals surface area contributed by atoms with E-state index in [1.54, 1.807) is 6.07 Å². The molecule has 0 aliphatic heterocycles. The molecule has 3 aromatic heterocycles. The average molecular weight is 445 g/mol. The van der Waals surface area contributed by atoms with Crippen molar-refractivity contribution < 1.29 is 17.9 Å². The number of hydrogen-bond acceptors (Lipinski definition) is 7. The molecule has 0 aliphatic rings. The molecule has 0 fully saturated rings. The standard InChI is InChI=1S/C19H14F3N7OS/c1-9-23-16(28-27-9)10-3-5-12-14(7-10)29(2)17(24-12)26-18-25-13-8-11(30-19(20,21)22)4-6-15(13)31-18/h3-8H,1-2H3,(H,23,27,28)(H,24,25,26). The molecular formula is C19H14F3N7OS. The van der Waals surface area contributed by atoms with E-state index in [9.17, 15) is 13.2 Å². The first-order valence-corrected chi connectivity index (χ1v) is 9.86.